The Balaban J connectivity index is 1.47. The minimum atomic E-state index is 0.438. The Kier molecular flexibility index (Phi) is 2.46. The van der Waals surface area contributed by atoms with Crippen LogP contribution in [0.3, 0.4) is 0 Å². The second-order valence-corrected chi connectivity index (χ2v) is 7.62. The topological polar surface area (TPSA) is 50.9 Å². The zero-order chi connectivity index (χ0) is 12.2. The van der Waals surface area contributed by atoms with E-state index in [-0.39, 0.29) is 0 Å². The van der Waals surface area contributed by atoms with Crippen molar-refractivity contribution < 1.29 is 0 Å². The first-order valence-corrected chi connectivity index (χ1v) is 8.04. The van der Waals surface area contributed by atoms with Gasteiger partial charge in [-0.05, 0) is 56.3 Å². The summed E-state index contributed by atoms with van der Waals surface area (Å²) < 4.78 is 0. The lowest BCUT2D eigenvalue weighted by Crippen LogP contribution is -2.58. The van der Waals surface area contributed by atoms with E-state index in [9.17, 15) is 0 Å². The molecular formula is C14H21N3S. The van der Waals surface area contributed by atoms with Gasteiger partial charge in [0.15, 0.2) is 5.13 Å². The molecule has 4 aliphatic carbocycles. The molecule has 18 heavy (non-hydrogen) atoms. The Morgan fingerprint density at radius 2 is 1.83 bits per heavy atom. The van der Waals surface area contributed by atoms with E-state index in [4.69, 9.17) is 5.73 Å². The third-order valence-corrected chi connectivity index (χ3v) is 5.97. The van der Waals surface area contributed by atoms with Gasteiger partial charge in [-0.1, -0.05) is 0 Å². The molecule has 3 nitrogen and oxygen atoms in total. The first-order valence-electron chi connectivity index (χ1n) is 7.16. The molecule has 4 heteroatoms. The summed E-state index contributed by atoms with van der Waals surface area (Å²) in [6, 6.07) is 0. The standard InChI is InChI=1S/C14H21N3S/c15-13-17-12(8-18-13)7-16-14-4-9-1-10(5-14)3-11(2-9)6-14/h8-11,16H,1-7H2,(H2,15,17). The number of thiazole rings is 1. The Morgan fingerprint density at radius 3 is 2.33 bits per heavy atom. The number of nitrogens with one attached hydrogen (secondary N) is 1. The number of aromatic nitrogens is 1. The molecule has 0 spiro atoms. The number of nitrogen functional groups attached to an aromatic ring is 1. The van der Waals surface area contributed by atoms with Crippen molar-refractivity contribution >= 4 is 16.5 Å². The number of rotatable bonds is 3. The van der Waals surface area contributed by atoms with Crippen LogP contribution in [0.4, 0.5) is 5.13 Å². The summed E-state index contributed by atoms with van der Waals surface area (Å²) in [6.45, 7) is 0.903. The van der Waals surface area contributed by atoms with Crippen LogP contribution >= 0.6 is 11.3 Å². The average Bonchev–Trinajstić information content (AvgIpc) is 2.71. The number of nitrogens with zero attached hydrogens (tertiary/aromatic N) is 1. The highest BCUT2D eigenvalue weighted by atomic mass is 32.1. The lowest BCUT2D eigenvalue weighted by atomic mass is 9.53. The van der Waals surface area contributed by atoms with Crippen LogP contribution in [-0.4, -0.2) is 10.5 Å². The van der Waals surface area contributed by atoms with Gasteiger partial charge in [-0.15, -0.1) is 11.3 Å². The summed E-state index contributed by atoms with van der Waals surface area (Å²) in [5, 5.41) is 6.62. The average molecular weight is 263 g/mol. The van der Waals surface area contributed by atoms with E-state index in [1.807, 2.05) is 0 Å². The van der Waals surface area contributed by atoms with Crippen LogP contribution in [0.2, 0.25) is 0 Å². The first kappa shape index (κ1) is 11.2. The molecule has 1 heterocycles. The van der Waals surface area contributed by atoms with Gasteiger partial charge in [0.05, 0.1) is 5.69 Å². The molecule has 0 saturated heterocycles. The monoisotopic (exact) mass is 263 g/mol. The summed E-state index contributed by atoms with van der Waals surface area (Å²) >= 11 is 1.55. The second-order valence-electron chi connectivity index (χ2n) is 6.73. The molecule has 0 unspecified atom stereocenters. The maximum atomic E-state index is 5.69. The van der Waals surface area contributed by atoms with Gasteiger partial charge >= 0.3 is 0 Å². The van der Waals surface area contributed by atoms with Gasteiger partial charge in [0.25, 0.3) is 0 Å². The Labute approximate surface area is 112 Å². The molecule has 1 aromatic rings. The summed E-state index contributed by atoms with van der Waals surface area (Å²) in [5.41, 5.74) is 7.25. The first-order chi connectivity index (χ1) is 8.71. The highest BCUT2D eigenvalue weighted by molar-refractivity contribution is 7.13. The highest BCUT2D eigenvalue weighted by Gasteiger charge is 2.50. The van der Waals surface area contributed by atoms with E-state index in [0.29, 0.717) is 10.7 Å². The second kappa shape index (κ2) is 3.94. The van der Waals surface area contributed by atoms with Crippen molar-refractivity contribution in [3.05, 3.63) is 11.1 Å². The predicted octanol–water partition coefficient (Wildman–Crippen LogP) is 2.78. The van der Waals surface area contributed by atoms with E-state index < -0.39 is 0 Å². The third-order valence-electron chi connectivity index (χ3n) is 5.25. The maximum Gasteiger partial charge on any atom is 0.180 e. The van der Waals surface area contributed by atoms with Crippen LogP contribution in [0.1, 0.15) is 44.2 Å². The Hall–Kier alpha value is -0.610. The molecule has 0 aromatic carbocycles. The van der Waals surface area contributed by atoms with Gasteiger partial charge < -0.3 is 11.1 Å². The Bertz CT molecular complexity index is 418. The smallest absolute Gasteiger partial charge is 0.180 e. The minimum Gasteiger partial charge on any atom is -0.375 e. The van der Waals surface area contributed by atoms with Crippen molar-refractivity contribution in [2.45, 2.75) is 50.6 Å². The number of hydrogen-bond donors (Lipinski definition) is 2. The summed E-state index contributed by atoms with van der Waals surface area (Å²) in [5.74, 6) is 3.01. The van der Waals surface area contributed by atoms with Crippen molar-refractivity contribution in [3.8, 4) is 0 Å². The van der Waals surface area contributed by atoms with Crippen molar-refractivity contribution in [3.63, 3.8) is 0 Å². The summed E-state index contributed by atoms with van der Waals surface area (Å²) in [6.07, 6.45) is 8.72. The van der Waals surface area contributed by atoms with Gasteiger partial charge in [0.1, 0.15) is 0 Å². The van der Waals surface area contributed by atoms with Crippen LogP contribution in [0.15, 0.2) is 5.38 Å². The SMILES string of the molecule is Nc1nc(CNC23CC4CC(CC(C4)C2)C3)cs1. The van der Waals surface area contributed by atoms with Crippen LogP contribution in [0.25, 0.3) is 0 Å². The number of nitrogens with two attached hydrogens (primary N) is 1. The van der Waals surface area contributed by atoms with E-state index in [2.05, 4.69) is 15.7 Å². The Morgan fingerprint density at radius 1 is 1.22 bits per heavy atom. The molecule has 3 N–H and O–H groups in total. The van der Waals surface area contributed by atoms with E-state index in [1.54, 1.807) is 11.3 Å². The van der Waals surface area contributed by atoms with Crippen molar-refractivity contribution in [2.24, 2.45) is 17.8 Å². The lowest BCUT2D eigenvalue weighted by Gasteiger charge is -2.57. The fourth-order valence-electron chi connectivity index (χ4n) is 5.01. The molecule has 0 atom stereocenters. The van der Waals surface area contributed by atoms with Gasteiger partial charge in [0, 0.05) is 17.5 Å². The molecule has 5 rings (SSSR count). The highest BCUT2D eigenvalue weighted by Crippen LogP contribution is 2.55. The molecule has 0 amide bonds. The fraction of sp³-hybridized carbons (Fsp3) is 0.786. The van der Waals surface area contributed by atoms with E-state index in [1.165, 1.54) is 38.5 Å². The van der Waals surface area contributed by atoms with Crippen LogP contribution in [0.5, 0.6) is 0 Å². The number of hydrogen-bond acceptors (Lipinski definition) is 4. The zero-order valence-electron chi connectivity index (χ0n) is 10.7. The van der Waals surface area contributed by atoms with Crippen LogP contribution in [-0.2, 0) is 6.54 Å². The number of anilines is 1. The molecule has 4 saturated carbocycles. The predicted molar refractivity (Wildman–Crippen MR) is 74.3 cm³/mol. The van der Waals surface area contributed by atoms with Crippen LogP contribution < -0.4 is 11.1 Å². The molecule has 0 radical (unpaired) electrons. The fourth-order valence-corrected chi connectivity index (χ4v) is 5.57. The molecule has 0 aliphatic heterocycles. The molecule has 4 fully saturated rings. The quantitative estimate of drug-likeness (QED) is 0.881. The third kappa shape index (κ3) is 1.86. The molecular weight excluding hydrogens is 242 g/mol. The van der Waals surface area contributed by atoms with E-state index in [0.717, 1.165) is 30.0 Å². The van der Waals surface area contributed by atoms with Crippen molar-refractivity contribution in [2.75, 3.05) is 5.73 Å². The van der Waals surface area contributed by atoms with Crippen molar-refractivity contribution in [1.29, 1.82) is 0 Å². The van der Waals surface area contributed by atoms with Crippen molar-refractivity contribution in [1.82, 2.24) is 10.3 Å². The molecule has 4 aliphatic rings. The van der Waals surface area contributed by atoms with Gasteiger partial charge in [0.2, 0.25) is 0 Å². The van der Waals surface area contributed by atoms with Gasteiger partial charge in [-0.3, -0.25) is 0 Å². The molecule has 4 bridgehead atoms. The van der Waals surface area contributed by atoms with E-state index >= 15 is 0 Å². The largest absolute Gasteiger partial charge is 0.375 e. The summed E-state index contributed by atoms with van der Waals surface area (Å²) in [4.78, 5) is 4.36. The normalized spacial score (nSPS) is 41.4. The molecule has 1 aromatic heterocycles. The van der Waals surface area contributed by atoms with Gasteiger partial charge in [-0.2, -0.15) is 0 Å². The minimum absolute atomic E-state index is 0.438. The van der Waals surface area contributed by atoms with Gasteiger partial charge in [-0.25, -0.2) is 4.98 Å². The lowest BCUT2D eigenvalue weighted by molar-refractivity contribution is -0.0207. The zero-order valence-corrected chi connectivity index (χ0v) is 11.5. The summed E-state index contributed by atoms with van der Waals surface area (Å²) in [7, 11) is 0. The molecule has 98 valence electrons. The maximum absolute atomic E-state index is 5.69. The van der Waals surface area contributed by atoms with Crippen LogP contribution in [0, 0.1) is 17.8 Å².